The van der Waals surface area contributed by atoms with Crippen molar-refractivity contribution in [2.24, 2.45) is 5.73 Å². The van der Waals surface area contributed by atoms with Crippen molar-refractivity contribution in [3.05, 3.63) is 41.5 Å². The Morgan fingerprint density at radius 3 is 2.78 bits per heavy atom. The highest BCUT2D eigenvalue weighted by Gasteiger charge is 2.10. The van der Waals surface area contributed by atoms with E-state index in [1.54, 1.807) is 24.4 Å². The highest BCUT2D eigenvalue weighted by atomic mass is 16.1. The van der Waals surface area contributed by atoms with Crippen molar-refractivity contribution >= 4 is 22.5 Å². The number of nitrogens with zero attached hydrogens (tertiary/aromatic N) is 3. The number of benzene rings is 1. The van der Waals surface area contributed by atoms with Gasteiger partial charge in [-0.1, -0.05) is 0 Å². The second kappa shape index (κ2) is 3.53. The van der Waals surface area contributed by atoms with Crippen molar-refractivity contribution in [2.45, 2.75) is 13.8 Å². The Hall–Kier alpha value is -2.43. The number of hydrogen-bond acceptors (Lipinski definition) is 3. The van der Waals surface area contributed by atoms with E-state index in [1.807, 2.05) is 18.2 Å². The molecule has 5 nitrogen and oxygen atoms in total. The van der Waals surface area contributed by atoms with Crippen molar-refractivity contribution in [2.75, 3.05) is 0 Å². The summed E-state index contributed by atoms with van der Waals surface area (Å²) >= 11 is 0. The first-order valence-electron chi connectivity index (χ1n) is 5.62. The fourth-order valence-corrected chi connectivity index (χ4v) is 2.24. The highest BCUT2D eigenvalue weighted by molar-refractivity contribution is 5.96. The lowest BCUT2D eigenvalue weighted by molar-refractivity contribution is 0.100. The summed E-state index contributed by atoms with van der Waals surface area (Å²) in [6.07, 6.45) is 1.79. The Labute approximate surface area is 103 Å². The molecular weight excluding hydrogens is 228 g/mol. The molecule has 1 aromatic carbocycles. The number of imidazole rings is 1. The molecule has 2 heterocycles. The molecule has 0 bridgehead atoms. The number of fused-ring (bicyclic) bond motifs is 3. The van der Waals surface area contributed by atoms with Gasteiger partial charge in [-0.3, -0.25) is 14.2 Å². The van der Waals surface area contributed by atoms with Gasteiger partial charge >= 0.3 is 0 Å². The summed E-state index contributed by atoms with van der Waals surface area (Å²) in [7, 11) is 0. The van der Waals surface area contributed by atoms with E-state index in [0.717, 1.165) is 28.1 Å². The van der Waals surface area contributed by atoms with E-state index in [9.17, 15) is 4.79 Å². The van der Waals surface area contributed by atoms with E-state index in [0.29, 0.717) is 5.56 Å². The average Bonchev–Trinajstić information content (AvgIpc) is 2.64. The second-order valence-electron chi connectivity index (χ2n) is 4.29. The second-order valence-corrected chi connectivity index (χ2v) is 4.29. The van der Waals surface area contributed by atoms with Crippen LogP contribution in [0.25, 0.3) is 16.6 Å². The van der Waals surface area contributed by atoms with Crippen molar-refractivity contribution < 1.29 is 4.79 Å². The smallest absolute Gasteiger partial charge is 0.248 e. The lowest BCUT2D eigenvalue weighted by atomic mass is 10.2. The maximum atomic E-state index is 11.2. The predicted molar refractivity (Wildman–Crippen MR) is 68.5 cm³/mol. The lowest BCUT2D eigenvalue weighted by Crippen LogP contribution is -2.11. The Kier molecular flexibility index (Phi) is 2.10. The monoisotopic (exact) mass is 240 g/mol. The van der Waals surface area contributed by atoms with Gasteiger partial charge in [0, 0.05) is 5.56 Å². The van der Waals surface area contributed by atoms with Crippen LogP contribution in [0.4, 0.5) is 0 Å². The van der Waals surface area contributed by atoms with Gasteiger partial charge in [0.05, 0.1) is 28.4 Å². The zero-order chi connectivity index (χ0) is 12.9. The topological polar surface area (TPSA) is 73.3 Å². The summed E-state index contributed by atoms with van der Waals surface area (Å²) in [5.41, 5.74) is 9.31. The summed E-state index contributed by atoms with van der Waals surface area (Å²) in [6, 6.07) is 5.23. The zero-order valence-electron chi connectivity index (χ0n) is 10.1. The molecule has 0 aliphatic carbocycles. The summed E-state index contributed by atoms with van der Waals surface area (Å²) in [4.78, 5) is 20.0. The van der Waals surface area contributed by atoms with Crippen LogP contribution in [0, 0.1) is 13.8 Å². The van der Waals surface area contributed by atoms with E-state index in [-0.39, 0.29) is 0 Å². The van der Waals surface area contributed by atoms with Crippen LogP contribution in [-0.4, -0.2) is 20.3 Å². The van der Waals surface area contributed by atoms with Crippen LogP contribution in [0.1, 0.15) is 21.9 Å². The van der Waals surface area contributed by atoms with E-state index in [2.05, 4.69) is 9.97 Å². The zero-order valence-corrected chi connectivity index (χ0v) is 10.1. The molecular formula is C13H12N4O. The molecule has 0 aliphatic heterocycles. The van der Waals surface area contributed by atoms with Gasteiger partial charge in [0.15, 0.2) is 0 Å². The number of carbonyl (C=O) groups is 1. The van der Waals surface area contributed by atoms with Crippen molar-refractivity contribution in [1.29, 1.82) is 0 Å². The van der Waals surface area contributed by atoms with Crippen LogP contribution in [0.3, 0.4) is 0 Å². The molecule has 90 valence electrons. The molecule has 5 heteroatoms. The standard InChI is InChI=1S/C13H12N4O/c1-7-12-6-15-10-4-3-9(13(14)18)5-11(10)17(12)8(2)16-7/h3-6H,1-2H3,(H2,14,18). The number of hydrogen-bond donors (Lipinski definition) is 1. The third-order valence-electron chi connectivity index (χ3n) is 3.09. The third kappa shape index (κ3) is 1.37. The quantitative estimate of drug-likeness (QED) is 0.702. The van der Waals surface area contributed by atoms with Gasteiger partial charge in [0.1, 0.15) is 5.82 Å². The van der Waals surface area contributed by atoms with Crippen LogP contribution >= 0.6 is 0 Å². The minimum atomic E-state index is -0.441. The molecule has 0 atom stereocenters. The SMILES string of the molecule is Cc1nc(C)n2c1cnc1ccc(C(N)=O)cc12. The molecule has 18 heavy (non-hydrogen) atoms. The van der Waals surface area contributed by atoms with Gasteiger partial charge < -0.3 is 5.73 Å². The maximum absolute atomic E-state index is 11.2. The molecule has 2 aromatic heterocycles. The third-order valence-corrected chi connectivity index (χ3v) is 3.09. The number of nitrogens with two attached hydrogens (primary N) is 1. The number of aryl methyl sites for hydroxylation is 2. The lowest BCUT2D eigenvalue weighted by Gasteiger charge is -2.04. The van der Waals surface area contributed by atoms with Crippen molar-refractivity contribution in [3.63, 3.8) is 0 Å². The Morgan fingerprint density at radius 1 is 1.28 bits per heavy atom. The van der Waals surface area contributed by atoms with Crippen LogP contribution in [0.2, 0.25) is 0 Å². The average molecular weight is 240 g/mol. The fraction of sp³-hybridized carbons (Fsp3) is 0.154. The van der Waals surface area contributed by atoms with Gasteiger partial charge in [-0.05, 0) is 32.0 Å². The van der Waals surface area contributed by atoms with Crippen molar-refractivity contribution in [3.8, 4) is 0 Å². The van der Waals surface area contributed by atoms with Crippen LogP contribution in [0.5, 0.6) is 0 Å². The number of amides is 1. The molecule has 0 saturated carbocycles. The molecule has 0 aliphatic rings. The van der Waals surface area contributed by atoms with E-state index >= 15 is 0 Å². The summed E-state index contributed by atoms with van der Waals surface area (Å²) < 4.78 is 1.99. The van der Waals surface area contributed by atoms with Crippen LogP contribution in [0.15, 0.2) is 24.4 Å². The molecule has 2 N–H and O–H groups in total. The Morgan fingerprint density at radius 2 is 2.06 bits per heavy atom. The van der Waals surface area contributed by atoms with Gasteiger partial charge in [0.25, 0.3) is 0 Å². The minimum absolute atomic E-state index is 0.441. The summed E-state index contributed by atoms with van der Waals surface area (Å²) in [5, 5.41) is 0. The number of rotatable bonds is 1. The van der Waals surface area contributed by atoms with Gasteiger partial charge in [-0.25, -0.2) is 4.98 Å². The predicted octanol–water partition coefficient (Wildman–Crippen LogP) is 1.60. The molecule has 0 saturated heterocycles. The number of primary amides is 1. The number of carbonyl (C=O) groups excluding carboxylic acids is 1. The maximum Gasteiger partial charge on any atom is 0.248 e. The fourth-order valence-electron chi connectivity index (χ4n) is 2.24. The van der Waals surface area contributed by atoms with Gasteiger partial charge in [-0.2, -0.15) is 0 Å². The molecule has 0 unspecified atom stereocenters. The largest absolute Gasteiger partial charge is 0.366 e. The summed E-state index contributed by atoms with van der Waals surface area (Å²) in [6.45, 7) is 3.87. The molecule has 0 spiro atoms. The Bertz CT molecular complexity index is 788. The van der Waals surface area contributed by atoms with Gasteiger partial charge in [0.2, 0.25) is 5.91 Å². The van der Waals surface area contributed by atoms with Crippen LogP contribution < -0.4 is 5.73 Å². The Balaban J connectivity index is 2.51. The molecule has 3 aromatic rings. The first-order valence-corrected chi connectivity index (χ1v) is 5.62. The highest BCUT2D eigenvalue weighted by Crippen LogP contribution is 2.20. The van der Waals surface area contributed by atoms with Crippen molar-refractivity contribution in [1.82, 2.24) is 14.4 Å². The first-order chi connectivity index (χ1) is 8.58. The number of aromatic nitrogens is 3. The molecule has 1 amide bonds. The first kappa shape index (κ1) is 10.7. The van der Waals surface area contributed by atoms with Crippen LogP contribution in [-0.2, 0) is 0 Å². The van der Waals surface area contributed by atoms with E-state index < -0.39 is 5.91 Å². The van der Waals surface area contributed by atoms with E-state index in [4.69, 9.17) is 5.73 Å². The molecule has 0 fully saturated rings. The molecule has 3 rings (SSSR count). The molecule has 0 radical (unpaired) electrons. The summed E-state index contributed by atoms with van der Waals surface area (Å²) in [5.74, 6) is 0.430. The van der Waals surface area contributed by atoms with E-state index in [1.165, 1.54) is 0 Å². The van der Waals surface area contributed by atoms with Gasteiger partial charge in [-0.15, -0.1) is 0 Å². The minimum Gasteiger partial charge on any atom is -0.366 e. The normalized spacial score (nSPS) is 11.2.